The van der Waals surface area contributed by atoms with Gasteiger partial charge in [-0.05, 0) is 37.9 Å². The summed E-state index contributed by atoms with van der Waals surface area (Å²) in [5, 5.41) is 7.63. The molecular formula is C16H24N4O. The van der Waals surface area contributed by atoms with Crippen LogP contribution in [0.1, 0.15) is 45.9 Å². The molecule has 2 rings (SSSR count). The third-order valence-corrected chi connectivity index (χ3v) is 3.64. The highest BCUT2D eigenvalue weighted by Gasteiger charge is 2.28. The van der Waals surface area contributed by atoms with Gasteiger partial charge in [-0.3, -0.25) is 4.98 Å². The van der Waals surface area contributed by atoms with Crippen molar-refractivity contribution in [2.75, 3.05) is 6.54 Å². The summed E-state index contributed by atoms with van der Waals surface area (Å²) in [5.41, 5.74) is 0.927. The summed E-state index contributed by atoms with van der Waals surface area (Å²) in [5.74, 6) is 1.96. The zero-order valence-electron chi connectivity index (χ0n) is 13.2. The fraction of sp³-hybridized carbons (Fsp3) is 0.562. The van der Waals surface area contributed by atoms with Crippen LogP contribution in [-0.4, -0.2) is 27.7 Å². The molecule has 5 nitrogen and oxygen atoms in total. The van der Waals surface area contributed by atoms with E-state index in [0.29, 0.717) is 23.7 Å². The Morgan fingerprint density at radius 3 is 2.52 bits per heavy atom. The molecule has 0 bridgehead atoms. The average Bonchev–Trinajstić information content (AvgIpc) is 2.95. The first-order valence-corrected chi connectivity index (χ1v) is 7.60. The first-order valence-electron chi connectivity index (χ1n) is 7.60. The third-order valence-electron chi connectivity index (χ3n) is 3.64. The molecule has 2 heterocycles. The fourth-order valence-electron chi connectivity index (χ4n) is 2.56. The van der Waals surface area contributed by atoms with Gasteiger partial charge in [-0.15, -0.1) is 0 Å². The SMILES string of the molecule is CCCNC(C)C(c1nc(-c2ccncc2)no1)C(C)C. The summed E-state index contributed by atoms with van der Waals surface area (Å²) in [7, 11) is 0. The largest absolute Gasteiger partial charge is 0.339 e. The maximum atomic E-state index is 5.52. The molecule has 0 spiro atoms. The van der Waals surface area contributed by atoms with E-state index in [2.05, 4.69) is 48.1 Å². The Hall–Kier alpha value is -1.75. The second-order valence-corrected chi connectivity index (χ2v) is 5.70. The molecule has 2 aromatic rings. The zero-order valence-corrected chi connectivity index (χ0v) is 13.2. The highest BCUT2D eigenvalue weighted by molar-refractivity contribution is 5.52. The molecule has 5 heteroatoms. The van der Waals surface area contributed by atoms with Crippen LogP contribution >= 0.6 is 0 Å². The van der Waals surface area contributed by atoms with Crippen LogP contribution in [0, 0.1) is 5.92 Å². The molecule has 0 fully saturated rings. The van der Waals surface area contributed by atoms with Crippen molar-refractivity contribution in [3.05, 3.63) is 30.4 Å². The second-order valence-electron chi connectivity index (χ2n) is 5.70. The molecule has 2 aromatic heterocycles. The monoisotopic (exact) mass is 288 g/mol. The van der Waals surface area contributed by atoms with Crippen molar-refractivity contribution in [1.82, 2.24) is 20.4 Å². The highest BCUT2D eigenvalue weighted by Crippen LogP contribution is 2.28. The summed E-state index contributed by atoms with van der Waals surface area (Å²) >= 11 is 0. The zero-order chi connectivity index (χ0) is 15.2. The first kappa shape index (κ1) is 15.6. The predicted octanol–water partition coefficient (Wildman–Crippen LogP) is 3.26. The molecule has 0 aliphatic carbocycles. The Morgan fingerprint density at radius 1 is 1.19 bits per heavy atom. The minimum absolute atomic E-state index is 0.208. The minimum atomic E-state index is 0.208. The lowest BCUT2D eigenvalue weighted by atomic mass is 9.89. The van der Waals surface area contributed by atoms with Crippen LogP contribution in [0.5, 0.6) is 0 Å². The van der Waals surface area contributed by atoms with E-state index in [1.54, 1.807) is 12.4 Å². The van der Waals surface area contributed by atoms with Crippen molar-refractivity contribution < 1.29 is 4.52 Å². The van der Waals surface area contributed by atoms with Crippen LogP contribution in [-0.2, 0) is 0 Å². The van der Waals surface area contributed by atoms with Gasteiger partial charge in [-0.1, -0.05) is 25.9 Å². The van der Waals surface area contributed by atoms with Crippen LogP contribution in [0.15, 0.2) is 29.0 Å². The molecule has 0 aliphatic rings. The van der Waals surface area contributed by atoms with Crippen LogP contribution in [0.2, 0.25) is 0 Å². The smallest absolute Gasteiger partial charge is 0.231 e. The van der Waals surface area contributed by atoms with Gasteiger partial charge in [0, 0.05) is 24.0 Å². The van der Waals surface area contributed by atoms with E-state index in [9.17, 15) is 0 Å². The molecule has 0 aliphatic heterocycles. The van der Waals surface area contributed by atoms with Gasteiger partial charge in [0.2, 0.25) is 11.7 Å². The van der Waals surface area contributed by atoms with E-state index < -0.39 is 0 Å². The number of nitrogens with one attached hydrogen (secondary N) is 1. The van der Waals surface area contributed by atoms with Gasteiger partial charge >= 0.3 is 0 Å². The van der Waals surface area contributed by atoms with Crippen LogP contribution < -0.4 is 5.32 Å². The number of nitrogens with zero attached hydrogens (tertiary/aromatic N) is 3. The summed E-state index contributed by atoms with van der Waals surface area (Å²) in [4.78, 5) is 8.59. The summed E-state index contributed by atoms with van der Waals surface area (Å²) in [6.07, 6.45) is 4.58. The maximum Gasteiger partial charge on any atom is 0.231 e. The molecule has 0 radical (unpaired) electrons. The van der Waals surface area contributed by atoms with Crippen molar-refractivity contribution in [3.8, 4) is 11.4 Å². The first-order chi connectivity index (χ1) is 10.1. The number of rotatable bonds is 7. The molecule has 114 valence electrons. The number of hydrogen-bond acceptors (Lipinski definition) is 5. The molecule has 1 N–H and O–H groups in total. The summed E-state index contributed by atoms with van der Waals surface area (Å²) < 4.78 is 5.52. The topological polar surface area (TPSA) is 63.8 Å². The lowest BCUT2D eigenvalue weighted by Crippen LogP contribution is -2.35. The Balaban J connectivity index is 2.20. The number of aromatic nitrogens is 3. The van der Waals surface area contributed by atoms with Gasteiger partial charge in [0.05, 0.1) is 5.92 Å². The van der Waals surface area contributed by atoms with Crippen molar-refractivity contribution in [2.24, 2.45) is 5.92 Å². The molecule has 0 saturated heterocycles. The lowest BCUT2D eigenvalue weighted by Gasteiger charge is -2.24. The Labute approximate surface area is 126 Å². The number of pyridine rings is 1. The van der Waals surface area contributed by atoms with Gasteiger partial charge in [0.15, 0.2) is 0 Å². The lowest BCUT2D eigenvalue weighted by molar-refractivity contribution is 0.280. The summed E-state index contributed by atoms with van der Waals surface area (Å²) in [6, 6.07) is 4.07. The minimum Gasteiger partial charge on any atom is -0.339 e. The average molecular weight is 288 g/mol. The Kier molecular flexibility index (Phi) is 5.44. The predicted molar refractivity (Wildman–Crippen MR) is 82.9 cm³/mol. The molecule has 0 aromatic carbocycles. The van der Waals surface area contributed by atoms with E-state index in [1.807, 2.05) is 12.1 Å². The Morgan fingerprint density at radius 2 is 1.90 bits per heavy atom. The standard InChI is InChI=1S/C16H24N4O/c1-5-8-18-12(4)14(11(2)3)16-19-15(20-21-16)13-6-9-17-10-7-13/h6-7,9-12,14,18H,5,8H2,1-4H3. The quantitative estimate of drug-likeness (QED) is 0.847. The van der Waals surface area contributed by atoms with Crippen molar-refractivity contribution in [3.63, 3.8) is 0 Å². The van der Waals surface area contributed by atoms with Gasteiger partial charge in [-0.25, -0.2) is 0 Å². The van der Waals surface area contributed by atoms with Gasteiger partial charge in [0.25, 0.3) is 0 Å². The van der Waals surface area contributed by atoms with Crippen LogP contribution in [0.4, 0.5) is 0 Å². The van der Waals surface area contributed by atoms with E-state index in [1.165, 1.54) is 0 Å². The number of hydrogen-bond donors (Lipinski definition) is 1. The van der Waals surface area contributed by atoms with E-state index in [-0.39, 0.29) is 5.92 Å². The van der Waals surface area contributed by atoms with Crippen molar-refractivity contribution in [1.29, 1.82) is 0 Å². The molecule has 21 heavy (non-hydrogen) atoms. The van der Waals surface area contributed by atoms with Gasteiger partial charge in [0.1, 0.15) is 0 Å². The molecule has 2 unspecified atom stereocenters. The normalized spacial score (nSPS) is 14.3. The Bertz CT molecular complexity index is 538. The fourth-order valence-corrected chi connectivity index (χ4v) is 2.56. The van der Waals surface area contributed by atoms with E-state index in [4.69, 9.17) is 4.52 Å². The van der Waals surface area contributed by atoms with E-state index >= 15 is 0 Å². The van der Waals surface area contributed by atoms with Crippen LogP contribution in [0.25, 0.3) is 11.4 Å². The van der Waals surface area contributed by atoms with Crippen molar-refractivity contribution in [2.45, 2.75) is 46.1 Å². The maximum absolute atomic E-state index is 5.52. The molecule has 2 atom stereocenters. The third kappa shape index (κ3) is 3.88. The molecule has 0 amide bonds. The molecular weight excluding hydrogens is 264 g/mol. The highest BCUT2D eigenvalue weighted by atomic mass is 16.5. The second kappa shape index (κ2) is 7.31. The van der Waals surface area contributed by atoms with Crippen LogP contribution in [0.3, 0.4) is 0 Å². The van der Waals surface area contributed by atoms with E-state index in [0.717, 1.165) is 18.5 Å². The summed E-state index contributed by atoms with van der Waals surface area (Å²) in [6.45, 7) is 9.71. The van der Waals surface area contributed by atoms with Gasteiger partial charge < -0.3 is 9.84 Å². The van der Waals surface area contributed by atoms with Gasteiger partial charge in [-0.2, -0.15) is 4.98 Å². The molecule has 0 saturated carbocycles. The van der Waals surface area contributed by atoms with Crippen molar-refractivity contribution >= 4 is 0 Å².